The summed E-state index contributed by atoms with van der Waals surface area (Å²) in [4.78, 5) is 22.4. The molecule has 4 aliphatic rings. The first-order valence-electron chi connectivity index (χ1n) is 15.8. The number of fused-ring (bicyclic) bond motifs is 4. The van der Waals surface area contributed by atoms with Crippen LogP contribution in [0.1, 0.15) is 95.2 Å². The summed E-state index contributed by atoms with van der Waals surface area (Å²) < 4.78 is 134. The molecule has 0 aliphatic heterocycles. The van der Waals surface area contributed by atoms with Gasteiger partial charge in [0.1, 0.15) is 16.3 Å². The summed E-state index contributed by atoms with van der Waals surface area (Å²) >= 11 is 0. The lowest BCUT2D eigenvalue weighted by Crippen LogP contribution is -2.51. The van der Waals surface area contributed by atoms with Crippen LogP contribution in [0, 0.1) is 22.6 Å². The molecule has 4 aliphatic carbocycles. The van der Waals surface area contributed by atoms with Gasteiger partial charge in [-0.2, -0.15) is 26.3 Å². The molecular weight excluding hydrogens is 672 g/mol. The van der Waals surface area contributed by atoms with Gasteiger partial charge in [0.2, 0.25) is 0 Å². The molecule has 2 bridgehead atoms. The number of benzene rings is 2. The van der Waals surface area contributed by atoms with Crippen molar-refractivity contribution in [1.82, 2.24) is 0 Å². The number of aliphatic carboxylic acids is 1. The molecule has 6 rings (SSSR count). The van der Waals surface area contributed by atoms with Crippen molar-refractivity contribution >= 4 is 21.6 Å². The number of sulfone groups is 1. The van der Waals surface area contributed by atoms with E-state index in [2.05, 4.69) is 0 Å². The highest BCUT2D eigenvalue weighted by Gasteiger charge is 2.73. The predicted octanol–water partition coefficient (Wildman–Crippen LogP) is 9.17. The summed E-state index contributed by atoms with van der Waals surface area (Å²) in [6.45, 7) is 4.94. The van der Waals surface area contributed by atoms with Gasteiger partial charge in [0.25, 0.3) is 0 Å². The van der Waals surface area contributed by atoms with Crippen LogP contribution in [0.3, 0.4) is 0 Å². The number of halogens is 8. The molecule has 0 radical (unpaired) electrons. The maximum atomic E-state index is 14.7. The van der Waals surface area contributed by atoms with Gasteiger partial charge >= 0.3 is 24.0 Å². The highest BCUT2D eigenvalue weighted by Crippen LogP contribution is 2.58. The fourth-order valence-electron chi connectivity index (χ4n) is 8.12. The summed E-state index contributed by atoms with van der Waals surface area (Å²) in [5, 5.41) is 9.15. The van der Waals surface area contributed by atoms with E-state index in [4.69, 9.17) is 5.11 Å². The minimum atomic E-state index is -6.28. The van der Waals surface area contributed by atoms with E-state index in [-0.39, 0.29) is 46.5 Å². The summed E-state index contributed by atoms with van der Waals surface area (Å²) in [7, 11) is -4.28. The van der Waals surface area contributed by atoms with Gasteiger partial charge in [-0.05, 0) is 106 Å². The third kappa shape index (κ3) is 5.83. The molecule has 1 N–H and O–H groups in total. The molecule has 0 saturated heterocycles. The molecule has 14 heteroatoms. The zero-order valence-corrected chi connectivity index (χ0v) is 27.5. The van der Waals surface area contributed by atoms with E-state index in [1.54, 1.807) is 20.8 Å². The minimum absolute atomic E-state index is 0.0197. The van der Waals surface area contributed by atoms with Crippen molar-refractivity contribution in [3.8, 4) is 0 Å². The van der Waals surface area contributed by atoms with E-state index < -0.39 is 61.3 Å². The highest BCUT2D eigenvalue weighted by atomic mass is 32.2. The second kappa shape index (κ2) is 12.7. The SMILES string of the molecule is CC(=O)C12CCC(C(=O)O)(CC1)CC2.CCC1CCc2cc(C(F)(C(F)(F)F)C(F)(F)F)ccc2C1(CC)S(=O)(=O)c1ccc(F)cc1. The molecule has 3 saturated carbocycles. The van der Waals surface area contributed by atoms with Crippen LogP contribution < -0.4 is 0 Å². The van der Waals surface area contributed by atoms with Gasteiger partial charge < -0.3 is 5.11 Å². The van der Waals surface area contributed by atoms with Crippen molar-refractivity contribution < 1.29 is 58.2 Å². The Morgan fingerprint density at radius 3 is 1.75 bits per heavy atom. The fourth-order valence-corrected chi connectivity index (χ4v) is 10.6. The molecule has 2 aromatic rings. The number of hydrogen-bond acceptors (Lipinski definition) is 4. The quantitative estimate of drug-likeness (QED) is 0.229. The minimum Gasteiger partial charge on any atom is -0.481 e. The van der Waals surface area contributed by atoms with Crippen LogP contribution in [0.25, 0.3) is 0 Å². The normalized spacial score (nSPS) is 27.4. The number of aryl methyl sites for hydroxylation is 1. The maximum Gasteiger partial charge on any atom is 0.435 e. The summed E-state index contributed by atoms with van der Waals surface area (Å²) in [5.41, 5.74) is -7.96. The Labute approximate surface area is 274 Å². The average molecular weight is 711 g/mol. The molecular formula is C34H38F8O5S. The second-order valence-electron chi connectivity index (χ2n) is 13.3. The van der Waals surface area contributed by atoms with Gasteiger partial charge in [-0.3, -0.25) is 9.59 Å². The Balaban J connectivity index is 0.000000307. The fraction of sp³-hybridized carbons (Fsp3) is 0.588. The van der Waals surface area contributed by atoms with E-state index >= 15 is 0 Å². The van der Waals surface area contributed by atoms with Crippen LogP contribution in [-0.2, 0) is 36.3 Å². The van der Waals surface area contributed by atoms with Gasteiger partial charge in [0.05, 0.1) is 10.3 Å². The van der Waals surface area contributed by atoms with Crippen LogP contribution in [0.15, 0.2) is 47.4 Å². The Morgan fingerprint density at radius 2 is 1.33 bits per heavy atom. The molecule has 2 unspecified atom stereocenters. The molecule has 0 heterocycles. The first kappa shape index (κ1) is 37.8. The first-order chi connectivity index (χ1) is 22.1. The van der Waals surface area contributed by atoms with Crippen LogP contribution in [0.4, 0.5) is 35.1 Å². The number of hydrogen-bond donors (Lipinski definition) is 1. The Hall–Kier alpha value is -3.03. The van der Waals surface area contributed by atoms with Gasteiger partial charge in [-0.25, -0.2) is 17.2 Å². The number of carbonyl (C=O) groups is 2. The number of ketones is 1. The molecule has 0 amide bonds. The van der Waals surface area contributed by atoms with Crippen LogP contribution in [0.2, 0.25) is 0 Å². The Bertz CT molecular complexity index is 1580. The van der Waals surface area contributed by atoms with E-state index in [0.29, 0.717) is 37.8 Å². The summed E-state index contributed by atoms with van der Waals surface area (Å²) in [6.07, 6.45) is -7.66. The van der Waals surface area contributed by atoms with Crippen molar-refractivity contribution in [1.29, 1.82) is 0 Å². The van der Waals surface area contributed by atoms with E-state index in [1.807, 2.05) is 0 Å². The maximum absolute atomic E-state index is 14.7. The number of Topliss-reactive ketones (excluding diaryl/α,β-unsaturated/α-hetero) is 1. The Morgan fingerprint density at radius 1 is 0.833 bits per heavy atom. The topological polar surface area (TPSA) is 88.5 Å². The van der Waals surface area contributed by atoms with E-state index in [9.17, 15) is 53.1 Å². The highest BCUT2D eigenvalue weighted by molar-refractivity contribution is 7.92. The van der Waals surface area contributed by atoms with Gasteiger partial charge in [0, 0.05) is 11.0 Å². The molecule has 2 aromatic carbocycles. The number of carbonyl (C=O) groups excluding carboxylic acids is 1. The number of carboxylic acid groups (broad SMARTS) is 1. The summed E-state index contributed by atoms with van der Waals surface area (Å²) in [6, 6.07) is 5.75. The summed E-state index contributed by atoms with van der Waals surface area (Å²) in [5.74, 6) is -1.60. The second-order valence-corrected chi connectivity index (χ2v) is 15.5. The largest absolute Gasteiger partial charge is 0.481 e. The Kier molecular flexibility index (Phi) is 9.99. The average Bonchev–Trinajstić information content (AvgIpc) is 3.03. The zero-order chi connectivity index (χ0) is 36.1. The van der Waals surface area contributed by atoms with Crippen molar-refractivity contribution in [2.45, 2.75) is 113 Å². The third-order valence-electron chi connectivity index (χ3n) is 11.2. The number of alkyl halides is 7. The lowest BCUT2D eigenvalue weighted by atomic mass is 9.52. The molecule has 2 atom stereocenters. The molecule has 48 heavy (non-hydrogen) atoms. The zero-order valence-electron chi connectivity index (χ0n) is 26.7. The molecule has 0 aromatic heterocycles. The van der Waals surface area contributed by atoms with Crippen molar-refractivity contribution in [3.05, 3.63) is 65.0 Å². The monoisotopic (exact) mass is 710 g/mol. The number of carboxylic acids is 1. The van der Waals surface area contributed by atoms with Crippen molar-refractivity contribution in [3.63, 3.8) is 0 Å². The lowest BCUT2D eigenvalue weighted by molar-refractivity contribution is -0.348. The lowest BCUT2D eigenvalue weighted by Gasteiger charge is -2.50. The standard InChI is InChI=1S/C23H22F8O2S.C11H16O3/c1-3-15-6-5-14-13-16(21(25,22(26,27)28)23(29,30)31)7-12-19(14)20(15,4-2)34(32,33)18-10-8-17(24)9-11-18;1-8(12)10-2-5-11(6-3-10,7-4-10)9(13)14/h7-13,15H,3-6H2,1-2H3;2-7H2,1H3,(H,13,14). The van der Waals surface area contributed by atoms with Crippen molar-refractivity contribution in [2.75, 3.05) is 0 Å². The van der Waals surface area contributed by atoms with E-state index in [1.165, 1.54) is 0 Å². The van der Waals surface area contributed by atoms with Crippen LogP contribution >= 0.6 is 0 Å². The van der Waals surface area contributed by atoms with Crippen LogP contribution in [-0.4, -0.2) is 37.6 Å². The molecule has 3 fully saturated rings. The predicted molar refractivity (Wildman–Crippen MR) is 160 cm³/mol. The van der Waals surface area contributed by atoms with Gasteiger partial charge in [-0.15, -0.1) is 0 Å². The third-order valence-corrected chi connectivity index (χ3v) is 13.9. The van der Waals surface area contributed by atoms with Crippen LogP contribution in [0.5, 0.6) is 0 Å². The molecule has 0 spiro atoms. The van der Waals surface area contributed by atoms with Gasteiger partial charge in [0.15, 0.2) is 9.84 Å². The molecule has 5 nitrogen and oxygen atoms in total. The molecule has 266 valence electrons. The number of rotatable bonds is 7. The first-order valence-corrected chi connectivity index (χ1v) is 17.3. The smallest absolute Gasteiger partial charge is 0.435 e. The van der Waals surface area contributed by atoms with E-state index in [0.717, 1.165) is 49.6 Å². The van der Waals surface area contributed by atoms with Gasteiger partial charge in [-0.1, -0.05) is 38.5 Å². The van der Waals surface area contributed by atoms with Crippen molar-refractivity contribution in [2.24, 2.45) is 16.7 Å².